The van der Waals surface area contributed by atoms with Crippen molar-refractivity contribution in [3.05, 3.63) is 42.9 Å². The number of fused-ring (bicyclic) bond motifs is 2. The Morgan fingerprint density at radius 1 is 1.13 bits per heavy atom. The van der Waals surface area contributed by atoms with Crippen molar-refractivity contribution in [3.63, 3.8) is 0 Å². The van der Waals surface area contributed by atoms with Gasteiger partial charge in [0.1, 0.15) is 16.5 Å². The Morgan fingerprint density at radius 3 is 2.74 bits per heavy atom. The van der Waals surface area contributed by atoms with Gasteiger partial charge in [-0.3, -0.25) is 9.38 Å². The summed E-state index contributed by atoms with van der Waals surface area (Å²) in [4.78, 5) is 13.7. The molecule has 3 heterocycles. The number of imidazole rings is 1. The number of thiazole rings is 1. The minimum Gasteiger partial charge on any atom is -0.365 e. The molecule has 3 aromatic heterocycles. The maximum absolute atomic E-state index is 4.75. The Kier molecular flexibility index (Phi) is 3.09. The molecule has 0 unspecified atom stereocenters. The molecular formula is C17H17N5S. The lowest BCUT2D eigenvalue weighted by atomic mass is 10.1. The lowest BCUT2D eigenvalue weighted by Crippen LogP contribution is -2.27. The number of anilines is 1. The molecule has 0 aliphatic rings. The largest absolute Gasteiger partial charge is 0.365 e. The van der Waals surface area contributed by atoms with Crippen molar-refractivity contribution in [3.8, 4) is 10.7 Å². The van der Waals surface area contributed by atoms with E-state index in [-0.39, 0.29) is 5.54 Å². The van der Waals surface area contributed by atoms with Crippen LogP contribution in [0.1, 0.15) is 20.8 Å². The highest BCUT2D eigenvalue weighted by atomic mass is 32.1. The lowest BCUT2D eigenvalue weighted by molar-refractivity contribution is 0.629. The van der Waals surface area contributed by atoms with Crippen LogP contribution in [-0.2, 0) is 0 Å². The summed E-state index contributed by atoms with van der Waals surface area (Å²) in [5.74, 6) is 0.953. The fourth-order valence-corrected chi connectivity index (χ4v) is 3.46. The van der Waals surface area contributed by atoms with Gasteiger partial charge in [0.05, 0.1) is 16.4 Å². The molecule has 5 nitrogen and oxygen atoms in total. The molecule has 1 N–H and O–H groups in total. The third-order valence-corrected chi connectivity index (χ3v) is 4.46. The van der Waals surface area contributed by atoms with Gasteiger partial charge < -0.3 is 5.32 Å². The van der Waals surface area contributed by atoms with Gasteiger partial charge in [0, 0.05) is 17.9 Å². The molecule has 0 atom stereocenters. The minimum atomic E-state index is -0.0787. The van der Waals surface area contributed by atoms with Crippen LogP contribution in [0.3, 0.4) is 0 Å². The topological polar surface area (TPSA) is 55.1 Å². The van der Waals surface area contributed by atoms with E-state index >= 15 is 0 Å². The van der Waals surface area contributed by atoms with E-state index in [4.69, 9.17) is 9.97 Å². The number of hydrogen-bond acceptors (Lipinski definition) is 5. The zero-order chi connectivity index (χ0) is 16.0. The molecule has 0 saturated carbocycles. The minimum absolute atomic E-state index is 0.0787. The van der Waals surface area contributed by atoms with E-state index in [2.05, 4.69) is 37.1 Å². The second kappa shape index (κ2) is 5.03. The van der Waals surface area contributed by atoms with Crippen LogP contribution in [-0.4, -0.2) is 24.9 Å². The fraction of sp³-hybridized carbons (Fsp3) is 0.235. The molecule has 0 aliphatic heterocycles. The van der Waals surface area contributed by atoms with Gasteiger partial charge >= 0.3 is 0 Å². The van der Waals surface area contributed by atoms with Crippen LogP contribution >= 0.6 is 11.3 Å². The summed E-state index contributed by atoms with van der Waals surface area (Å²) < 4.78 is 3.19. The van der Waals surface area contributed by atoms with Crippen molar-refractivity contribution in [2.24, 2.45) is 0 Å². The van der Waals surface area contributed by atoms with Gasteiger partial charge in [0.2, 0.25) is 0 Å². The third-order valence-electron chi connectivity index (χ3n) is 3.42. The summed E-state index contributed by atoms with van der Waals surface area (Å²) in [6.07, 6.45) is 5.46. The standard InChI is InChI=1S/C17H17N5S/c1-17(2,3)21-15-14(20-13-10-18-8-9-22(13)15)16-19-11-6-4-5-7-12(11)23-16/h4-10,21H,1-3H3. The molecule has 23 heavy (non-hydrogen) atoms. The third kappa shape index (κ3) is 2.55. The van der Waals surface area contributed by atoms with Gasteiger partial charge in [-0.1, -0.05) is 12.1 Å². The quantitative estimate of drug-likeness (QED) is 0.600. The molecule has 1 aromatic carbocycles. The summed E-state index contributed by atoms with van der Waals surface area (Å²) in [6.45, 7) is 6.40. The summed E-state index contributed by atoms with van der Waals surface area (Å²) in [5, 5.41) is 4.47. The Balaban J connectivity index is 1.96. The molecule has 4 rings (SSSR count). The first-order valence-electron chi connectivity index (χ1n) is 7.47. The SMILES string of the molecule is CC(C)(C)Nc1c(-c2nc3ccccc3s2)nc2cnccn12. The van der Waals surface area contributed by atoms with E-state index in [0.29, 0.717) is 0 Å². The summed E-state index contributed by atoms with van der Waals surface area (Å²) in [6, 6.07) is 8.16. The second-order valence-electron chi connectivity index (χ2n) is 6.48. The molecule has 0 amide bonds. The van der Waals surface area contributed by atoms with Crippen molar-refractivity contribution in [2.45, 2.75) is 26.3 Å². The van der Waals surface area contributed by atoms with Crippen molar-refractivity contribution in [1.29, 1.82) is 0 Å². The number of nitrogens with one attached hydrogen (secondary N) is 1. The fourth-order valence-electron chi connectivity index (χ4n) is 2.50. The molecule has 6 heteroatoms. The zero-order valence-electron chi connectivity index (χ0n) is 13.2. The Labute approximate surface area is 138 Å². The number of rotatable bonds is 2. The molecule has 0 fully saturated rings. The molecule has 0 bridgehead atoms. The lowest BCUT2D eigenvalue weighted by Gasteiger charge is -2.22. The normalized spacial score (nSPS) is 12.1. The summed E-state index contributed by atoms with van der Waals surface area (Å²) in [5.41, 5.74) is 2.61. The highest BCUT2D eigenvalue weighted by molar-refractivity contribution is 7.21. The molecule has 0 radical (unpaired) electrons. The molecule has 0 saturated heterocycles. The maximum atomic E-state index is 4.75. The van der Waals surface area contributed by atoms with Crippen LogP contribution in [0.4, 0.5) is 5.82 Å². The average molecular weight is 323 g/mol. The van der Waals surface area contributed by atoms with Crippen molar-refractivity contribution in [2.75, 3.05) is 5.32 Å². The molecular weight excluding hydrogens is 306 g/mol. The van der Waals surface area contributed by atoms with Crippen LogP contribution in [0.5, 0.6) is 0 Å². The van der Waals surface area contributed by atoms with Gasteiger partial charge in [-0.05, 0) is 32.9 Å². The van der Waals surface area contributed by atoms with E-state index in [9.17, 15) is 0 Å². The van der Waals surface area contributed by atoms with E-state index in [1.165, 1.54) is 4.70 Å². The Bertz CT molecular complexity index is 960. The van der Waals surface area contributed by atoms with Gasteiger partial charge in [0.15, 0.2) is 5.65 Å². The Hall–Kier alpha value is -2.47. The predicted octanol–water partition coefficient (Wildman–Crippen LogP) is 4.22. The number of para-hydroxylation sites is 1. The van der Waals surface area contributed by atoms with Gasteiger partial charge in [-0.15, -0.1) is 11.3 Å². The van der Waals surface area contributed by atoms with Crippen LogP contribution in [0.2, 0.25) is 0 Å². The number of nitrogens with zero attached hydrogens (tertiary/aromatic N) is 4. The van der Waals surface area contributed by atoms with Crippen molar-refractivity contribution < 1.29 is 0 Å². The van der Waals surface area contributed by atoms with E-state index < -0.39 is 0 Å². The number of aromatic nitrogens is 4. The predicted molar refractivity (Wildman–Crippen MR) is 95.0 cm³/mol. The number of hydrogen-bond donors (Lipinski definition) is 1. The van der Waals surface area contributed by atoms with Gasteiger partial charge in [-0.2, -0.15) is 0 Å². The van der Waals surface area contributed by atoms with Crippen LogP contribution < -0.4 is 5.32 Å². The number of benzene rings is 1. The van der Waals surface area contributed by atoms with E-state index in [1.54, 1.807) is 23.7 Å². The Morgan fingerprint density at radius 2 is 1.96 bits per heavy atom. The average Bonchev–Trinajstić information content (AvgIpc) is 3.07. The van der Waals surface area contributed by atoms with Crippen molar-refractivity contribution in [1.82, 2.24) is 19.4 Å². The summed E-state index contributed by atoms with van der Waals surface area (Å²) in [7, 11) is 0. The van der Waals surface area contributed by atoms with Crippen LogP contribution in [0.15, 0.2) is 42.9 Å². The van der Waals surface area contributed by atoms with Gasteiger partial charge in [-0.25, -0.2) is 9.97 Å². The van der Waals surface area contributed by atoms with Gasteiger partial charge in [0.25, 0.3) is 0 Å². The first-order chi connectivity index (χ1) is 11.0. The highest BCUT2D eigenvalue weighted by Crippen LogP contribution is 2.35. The van der Waals surface area contributed by atoms with E-state index in [1.807, 2.05) is 28.8 Å². The second-order valence-corrected chi connectivity index (χ2v) is 7.51. The first-order valence-corrected chi connectivity index (χ1v) is 8.29. The maximum Gasteiger partial charge on any atom is 0.157 e. The smallest absolute Gasteiger partial charge is 0.157 e. The molecule has 116 valence electrons. The van der Waals surface area contributed by atoms with Crippen LogP contribution in [0, 0.1) is 0 Å². The molecule has 4 aromatic rings. The first kappa shape index (κ1) is 14.1. The van der Waals surface area contributed by atoms with Crippen molar-refractivity contribution >= 4 is 33.0 Å². The molecule has 0 spiro atoms. The highest BCUT2D eigenvalue weighted by Gasteiger charge is 2.21. The van der Waals surface area contributed by atoms with E-state index in [0.717, 1.165) is 27.7 Å². The van der Waals surface area contributed by atoms with Crippen LogP contribution in [0.25, 0.3) is 26.6 Å². The zero-order valence-corrected chi connectivity index (χ0v) is 14.1. The summed E-state index contributed by atoms with van der Waals surface area (Å²) >= 11 is 1.66. The molecule has 0 aliphatic carbocycles. The monoisotopic (exact) mass is 323 g/mol.